The van der Waals surface area contributed by atoms with Crippen LogP contribution in [0.1, 0.15) is 80.3 Å². The molecule has 0 unspecified atom stereocenters. The van der Waals surface area contributed by atoms with Gasteiger partial charge in [0, 0.05) is 113 Å². The van der Waals surface area contributed by atoms with E-state index >= 15 is 9.59 Å². The van der Waals surface area contributed by atoms with Crippen LogP contribution in [0.25, 0.3) is 21.3 Å². The minimum atomic E-state index is -2.29. The quantitative estimate of drug-likeness (QED) is 0.00816. The maximum atomic E-state index is 15.6. The van der Waals surface area contributed by atoms with Crippen molar-refractivity contribution in [3.05, 3.63) is 99.3 Å². The highest BCUT2D eigenvalue weighted by molar-refractivity contribution is 8.00. The van der Waals surface area contributed by atoms with E-state index < -0.39 is 68.1 Å². The zero-order valence-electron chi connectivity index (χ0n) is 46.3. The van der Waals surface area contributed by atoms with Gasteiger partial charge in [0.1, 0.15) is 17.3 Å². The summed E-state index contributed by atoms with van der Waals surface area (Å²) in [5.74, 6) is -0.686. The average Bonchev–Trinajstić information content (AvgIpc) is 4.27. The Labute approximate surface area is 458 Å². The van der Waals surface area contributed by atoms with Gasteiger partial charge in [0.05, 0.1) is 32.4 Å². The SMILES string of the molecule is CC[C@]1(O)C[C@@H]2C[N@@](CCc3c([nH]c4ccccc34)[C@@](C(=O)OC)(c3cc4c(cc3OC)N(C)[C@H]3[C@@](O)(C(=O)NCCC[Si](C)(C)O[Si](C)(C)CSc5ncc(CN=[N+]=[N-])cn5)[C@H](O)[C@]5(CC)C=CCN6CC[C@]43[C@@H]65)C2)C1. The second-order valence-corrected chi connectivity index (χ2v) is 34.3. The molecule has 10 rings (SSSR count). The van der Waals surface area contributed by atoms with Crippen molar-refractivity contribution in [1.29, 1.82) is 0 Å². The zero-order valence-corrected chi connectivity index (χ0v) is 49.1. The Morgan fingerprint density at radius 3 is 2.51 bits per heavy atom. The van der Waals surface area contributed by atoms with Crippen LogP contribution in [0.3, 0.4) is 0 Å². The van der Waals surface area contributed by atoms with Gasteiger partial charge in [-0.1, -0.05) is 61.1 Å². The van der Waals surface area contributed by atoms with Gasteiger partial charge in [0.25, 0.3) is 5.91 Å². The third-order valence-electron chi connectivity index (χ3n) is 18.5. The van der Waals surface area contributed by atoms with Crippen LogP contribution in [-0.2, 0) is 42.2 Å². The van der Waals surface area contributed by atoms with Gasteiger partial charge < -0.3 is 44.1 Å². The number of amides is 1. The molecule has 7 heterocycles. The number of azide groups is 1. The van der Waals surface area contributed by atoms with Gasteiger partial charge in [-0.2, -0.15) is 0 Å². The lowest BCUT2D eigenvalue weighted by atomic mass is 9.47. The molecule has 1 amide bonds. The number of nitrogens with zero attached hydrogens (tertiary/aromatic N) is 8. The Hall–Kier alpha value is -4.81. The van der Waals surface area contributed by atoms with E-state index in [0.29, 0.717) is 94.1 Å². The minimum absolute atomic E-state index is 0.108. The number of carbonyl (C=O) groups excluding carboxylic acids is 2. The highest BCUT2D eigenvalue weighted by Crippen LogP contribution is 2.67. The first-order valence-electron chi connectivity index (χ1n) is 27.5. The second-order valence-electron chi connectivity index (χ2n) is 24.2. The molecule has 5 N–H and O–H groups in total. The highest BCUT2D eigenvalue weighted by atomic mass is 32.2. The van der Waals surface area contributed by atoms with Crippen LogP contribution in [0.5, 0.6) is 5.75 Å². The molecule has 18 nitrogen and oxygen atoms in total. The smallest absolute Gasteiger partial charge is 0.322 e. The Bertz CT molecular complexity index is 2990. The number of anilines is 1. The summed E-state index contributed by atoms with van der Waals surface area (Å²) in [6.45, 7) is 16.6. The van der Waals surface area contributed by atoms with E-state index in [4.69, 9.17) is 19.1 Å². The fourth-order valence-corrected chi connectivity index (χ4v) is 25.9. The van der Waals surface area contributed by atoms with Crippen LogP contribution in [0.2, 0.25) is 32.2 Å². The molecule has 2 aromatic carbocycles. The third kappa shape index (κ3) is 9.13. The molecule has 21 heteroatoms. The summed E-state index contributed by atoms with van der Waals surface area (Å²) in [6.07, 6.45) is 9.76. The Balaban J connectivity index is 1.01. The predicted octanol–water partition coefficient (Wildman–Crippen LogP) is 7.11. The molecule has 1 saturated carbocycles. The van der Waals surface area contributed by atoms with E-state index in [1.165, 1.54) is 7.11 Å². The van der Waals surface area contributed by atoms with Crippen molar-refractivity contribution in [1.82, 2.24) is 30.1 Å². The van der Waals surface area contributed by atoms with Gasteiger partial charge in [-0.05, 0) is 124 Å². The number of aliphatic hydroxyl groups is 3. The maximum absolute atomic E-state index is 15.6. The lowest BCUT2D eigenvalue weighted by Gasteiger charge is -2.63. The van der Waals surface area contributed by atoms with Crippen molar-refractivity contribution in [2.24, 2.45) is 16.4 Å². The third-order valence-corrected chi connectivity index (χ3v) is 28.4. The molecule has 6 aliphatic rings. The topological polar surface area (TPSA) is 235 Å². The van der Waals surface area contributed by atoms with Gasteiger partial charge in [0.15, 0.2) is 27.4 Å². The molecule has 10 atom stereocenters. The van der Waals surface area contributed by atoms with E-state index in [-0.39, 0.29) is 25.0 Å². The normalized spacial score (nSPS) is 31.5. The summed E-state index contributed by atoms with van der Waals surface area (Å²) in [7, 11) is 0.520. The van der Waals surface area contributed by atoms with Crippen molar-refractivity contribution in [3.8, 4) is 5.75 Å². The number of likely N-dealkylation sites (N-methyl/N-ethyl adjacent to an activating group) is 1. The fraction of sp³-hybridized carbons (Fsp3) is 0.607. The largest absolute Gasteiger partial charge is 0.496 e. The first-order valence-corrected chi connectivity index (χ1v) is 34.8. The summed E-state index contributed by atoms with van der Waals surface area (Å²) in [5, 5.41) is 48.1. The van der Waals surface area contributed by atoms with E-state index in [0.717, 1.165) is 50.4 Å². The fourth-order valence-electron chi connectivity index (χ4n) is 15.6. The number of hydrogen-bond donors (Lipinski definition) is 5. The number of hydrogen-bond acceptors (Lipinski definition) is 15. The first-order chi connectivity index (χ1) is 36.7. The number of piperidine rings is 1. The van der Waals surface area contributed by atoms with Gasteiger partial charge >= 0.3 is 5.97 Å². The minimum Gasteiger partial charge on any atom is -0.496 e. The Morgan fingerprint density at radius 1 is 1.03 bits per heavy atom. The monoisotopic (exact) mass is 1110 g/mol. The number of aromatic nitrogens is 3. The van der Waals surface area contributed by atoms with Gasteiger partial charge in [-0.25, -0.2) is 9.97 Å². The number of aliphatic hydroxyl groups excluding tert-OH is 1. The number of thioether (sulfide) groups is 1. The van der Waals surface area contributed by atoms with Crippen molar-refractivity contribution in [3.63, 3.8) is 0 Å². The molecular weight excluding hydrogens is 1030 g/mol. The van der Waals surface area contributed by atoms with Crippen LogP contribution >= 0.6 is 11.8 Å². The Kier molecular flexibility index (Phi) is 14.9. The lowest BCUT2D eigenvalue weighted by molar-refractivity contribution is -0.203. The number of nitrogens with one attached hydrogen (secondary N) is 2. The molecule has 2 aromatic heterocycles. The van der Waals surface area contributed by atoms with Crippen LogP contribution < -0.4 is 15.0 Å². The predicted molar refractivity (Wildman–Crippen MR) is 303 cm³/mol. The molecule has 4 aromatic rings. The van der Waals surface area contributed by atoms with Crippen molar-refractivity contribution < 1.29 is 38.5 Å². The number of esters is 1. The molecule has 0 radical (unpaired) electrons. The van der Waals surface area contributed by atoms with Gasteiger partial charge in [-0.15, -0.1) is 0 Å². The molecule has 3 fully saturated rings. The number of rotatable bonds is 17. The maximum Gasteiger partial charge on any atom is 0.322 e. The number of H-pyrrole nitrogens is 1. The molecule has 1 aliphatic carbocycles. The standard InChI is InChI=1S/C56H78N10O8SSi2/c1-10-52(70)28-36-29-55(50(69)73-5,45-39(18-23-65(33-36)34-52)38-16-12-13-17-42(38)62-45)41-26-40-43(27-44(41)72-4)64(3)47-54(40)20-24-66-22-14-19-53(11-2,46(54)66)48(67)56(47,71)49(68)58-21-15-25-76(6,7)74-77(8,9)35-75-51-59-30-37(31-60-51)32-61-63-57/h12-14,16-17,19,26-27,30-31,36,46-48,62,67,70-71H,10-11,15,18,20-25,28-29,32-35H2,1-9H3,(H,58,68)/t36-,46-,47+,48+,52-,53+,54+,55-,56-/m0/s1. The number of benzene rings is 2. The molecule has 2 saturated heterocycles. The molecule has 414 valence electrons. The molecule has 77 heavy (non-hydrogen) atoms. The molecular formula is C56H78N10O8SSi2. The number of ether oxygens (including phenoxy) is 2. The van der Waals surface area contributed by atoms with Crippen LogP contribution in [0, 0.1) is 11.3 Å². The van der Waals surface area contributed by atoms with E-state index in [1.54, 1.807) is 31.3 Å². The van der Waals surface area contributed by atoms with E-state index in [1.807, 2.05) is 44.0 Å². The number of carbonyl (C=O) groups is 2. The summed E-state index contributed by atoms with van der Waals surface area (Å²) < 4.78 is 19.5. The van der Waals surface area contributed by atoms with Crippen molar-refractivity contribution in [2.45, 2.75) is 143 Å². The van der Waals surface area contributed by atoms with Crippen LogP contribution in [-0.4, -0.2) is 164 Å². The molecule has 1 spiro atoms. The zero-order chi connectivity index (χ0) is 54.9. The summed E-state index contributed by atoms with van der Waals surface area (Å²) in [5.41, 5.74) is 7.81. The Morgan fingerprint density at radius 2 is 1.79 bits per heavy atom. The molecule has 5 aliphatic heterocycles. The summed E-state index contributed by atoms with van der Waals surface area (Å²) in [4.78, 5) is 53.2. The second kappa shape index (κ2) is 20.7. The highest BCUT2D eigenvalue weighted by Gasteiger charge is 2.78. The first kappa shape index (κ1) is 55.5. The van der Waals surface area contributed by atoms with E-state index in [2.05, 4.69) is 96.6 Å². The number of methoxy groups -OCH3 is 2. The summed E-state index contributed by atoms with van der Waals surface area (Å²) in [6, 6.07) is 11.9. The summed E-state index contributed by atoms with van der Waals surface area (Å²) >= 11 is 1.56. The van der Waals surface area contributed by atoms with Crippen LogP contribution in [0.4, 0.5) is 5.69 Å². The number of para-hydroxylation sites is 1. The van der Waals surface area contributed by atoms with E-state index in [9.17, 15) is 15.3 Å². The van der Waals surface area contributed by atoms with Crippen LogP contribution in [0.15, 0.2) is 71.2 Å². The van der Waals surface area contributed by atoms with Crippen molar-refractivity contribution >= 4 is 56.9 Å². The molecule has 2 bridgehead atoms. The van der Waals surface area contributed by atoms with Gasteiger partial charge in [0.2, 0.25) is 0 Å². The lowest BCUT2D eigenvalue weighted by Crippen LogP contribution is -2.81. The van der Waals surface area contributed by atoms with Crippen molar-refractivity contribution in [2.75, 3.05) is 70.8 Å². The number of fused-ring (bicyclic) bond motifs is 6. The van der Waals surface area contributed by atoms with Gasteiger partial charge in [-0.3, -0.25) is 19.4 Å². The number of aromatic amines is 1. The average molecular weight is 1110 g/mol.